The topological polar surface area (TPSA) is 55.6 Å². The van der Waals surface area contributed by atoms with Crippen LogP contribution in [0.2, 0.25) is 0 Å². The monoisotopic (exact) mass is 295 g/mol. The Hall–Kier alpha value is -2.36. The molecule has 0 aliphatic carbocycles. The summed E-state index contributed by atoms with van der Waals surface area (Å²) >= 11 is 0. The van der Waals surface area contributed by atoms with Gasteiger partial charge in [-0.25, -0.2) is 4.73 Å². The highest BCUT2D eigenvalue weighted by atomic mass is 16.5. The first-order valence-corrected chi connectivity index (χ1v) is 7.80. The molecule has 1 aromatic carbocycles. The first kappa shape index (κ1) is 14.6. The molecule has 4 nitrogen and oxygen atoms in total. The highest BCUT2D eigenvalue weighted by molar-refractivity contribution is 5.82. The molecular formula is C18H21N3O. The summed E-state index contributed by atoms with van der Waals surface area (Å²) in [5.74, 6) is 0.897. The van der Waals surface area contributed by atoms with Crippen LogP contribution < -0.4 is 4.73 Å². The van der Waals surface area contributed by atoms with Gasteiger partial charge in [0.05, 0.1) is 0 Å². The number of nitrogens with zero attached hydrogens (tertiary/aromatic N) is 2. The summed E-state index contributed by atoms with van der Waals surface area (Å²) in [4.78, 5) is 7.85. The zero-order valence-electron chi connectivity index (χ0n) is 13.3. The number of hydrogen-bond donors (Lipinski definition) is 1. The number of aryl methyl sites for hydroxylation is 2. The second-order valence-corrected chi connectivity index (χ2v) is 5.73. The number of H-pyrrole nitrogens is 1. The number of benzene rings is 1. The van der Waals surface area contributed by atoms with Crippen LogP contribution in [-0.4, -0.2) is 9.97 Å². The molecule has 3 aromatic rings. The van der Waals surface area contributed by atoms with Crippen molar-refractivity contribution in [2.45, 2.75) is 40.0 Å². The van der Waals surface area contributed by atoms with E-state index in [1.165, 1.54) is 0 Å². The summed E-state index contributed by atoms with van der Waals surface area (Å²) in [7, 11) is 0. The van der Waals surface area contributed by atoms with Crippen LogP contribution >= 0.6 is 0 Å². The summed E-state index contributed by atoms with van der Waals surface area (Å²) in [6, 6.07) is 10.0. The number of unbranched alkanes of at least 4 members (excludes halogenated alkanes) is 1. The van der Waals surface area contributed by atoms with Crippen molar-refractivity contribution in [2.75, 3.05) is 0 Å². The molecule has 0 bridgehead atoms. The Kier molecular flexibility index (Phi) is 3.84. The fourth-order valence-corrected chi connectivity index (χ4v) is 2.97. The van der Waals surface area contributed by atoms with Crippen molar-refractivity contribution < 1.29 is 4.73 Å². The van der Waals surface area contributed by atoms with Crippen molar-refractivity contribution >= 4 is 11.2 Å². The molecule has 4 heteroatoms. The number of fused-ring (bicyclic) bond motifs is 1. The largest absolute Gasteiger partial charge is 0.710 e. The maximum absolute atomic E-state index is 12.6. The fourth-order valence-electron chi connectivity index (χ4n) is 2.97. The first-order valence-electron chi connectivity index (χ1n) is 7.80. The van der Waals surface area contributed by atoms with Gasteiger partial charge in [0.25, 0.3) is 0 Å². The van der Waals surface area contributed by atoms with Crippen LogP contribution in [0.4, 0.5) is 0 Å². The van der Waals surface area contributed by atoms with Gasteiger partial charge in [0.1, 0.15) is 11.2 Å². The van der Waals surface area contributed by atoms with Crippen LogP contribution in [0.5, 0.6) is 0 Å². The van der Waals surface area contributed by atoms with E-state index in [0.29, 0.717) is 11.3 Å². The highest BCUT2D eigenvalue weighted by Gasteiger charge is 2.22. The normalized spacial score (nSPS) is 11.2. The molecule has 3 rings (SSSR count). The Morgan fingerprint density at radius 3 is 2.59 bits per heavy atom. The maximum Gasteiger partial charge on any atom is 0.352 e. The summed E-state index contributed by atoms with van der Waals surface area (Å²) in [5, 5.41) is 12.6. The van der Waals surface area contributed by atoms with E-state index in [9.17, 15) is 5.21 Å². The molecule has 0 spiro atoms. The lowest BCUT2D eigenvalue weighted by Crippen LogP contribution is -2.32. The lowest BCUT2D eigenvalue weighted by molar-refractivity contribution is -0.585. The highest BCUT2D eigenvalue weighted by Crippen LogP contribution is 2.29. The smallest absolute Gasteiger partial charge is 0.352 e. The van der Waals surface area contributed by atoms with E-state index in [1.54, 1.807) is 0 Å². The van der Waals surface area contributed by atoms with E-state index in [2.05, 4.69) is 23.8 Å². The van der Waals surface area contributed by atoms with E-state index >= 15 is 0 Å². The number of aromatic nitrogens is 3. The number of imidazole rings is 1. The minimum Gasteiger partial charge on any atom is -0.710 e. The van der Waals surface area contributed by atoms with Gasteiger partial charge < -0.3 is 10.2 Å². The molecule has 0 saturated heterocycles. The lowest BCUT2D eigenvalue weighted by Gasteiger charge is -2.14. The van der Waals surface area contributed by atoms with Crippen molar-refractivity contribution in [1.29, 1.82) is 0 Å². The Morgan fingerprint density at radius 2 is 1.91 bits per heavy atom. The van der Waals surface area contributed by atoms with Gasteiger partial charge >= 0.3 is 5.65 Å². The van der Waals surface area contributed by atoms with Crippen molar-refractivity contribution in [3.63, 3.8) is 0 Å². The second-order valence-electron chi connectivity index (χ2n) is 5.73. The third-order valence-electron chi connectivity index (χ3n) is 4.17. The van der Waals surface area contributed by atoms with E-state index < -0.39 is 0 Å². The fraction of sp³-hybridized carbons (Fsp3) is 0.333. The van der Waals surface area contributed by atoms with Crippen molar-refractivity contribution in [1.82, 2.24) is 9.97 Å². The SMILES string of the molecule is CCCCc1nc2c([nH]1)c(C)c(-c1ccccc1)c(C)[n+]2[O-]. The van der Waals surface area contributed by atoms with Gasteiger partial charge in [0.2, 0.25) is 5.82 Å². The molecular weight excluding hydrogens is 274 g/mol. The van der Waals surface area contributed by atoms with Crippen LogP contribution in [0.15, 0.2) is 30.3 Å². The summed E-state index contributed by atoms with van der Waals surface area (Å²) < 4.78 is 0.955. The van der Waals surface area contributed by atoms with Gasteiger partial charge in [0, 0.05) is 12.0 Å². The van der Waals surface area contributed by atoms with Gasteiger partial charge in [-0.15, -0.1) is 0 Å². The van der Waals surface area contributed by atoms with Gasteiger partial charge in [0.15, 0.2) is 0 Å². The van der Waals surface area contributed by atoms with Crippen LogP contribution in [-0.2, 0) is 6.42 Å². The number of aromatic amines is 1. The van der Waals surface area contributed by atoms with Crippen LogP contribution in [0.25, 0.3) is 22.3 Å². The quantitative estimate of drug-likeness (QED) is 0.587. The summed E-state index contributed by atoms with van der Waals surface area (Å²) in [6.45, 7) is 6.07. The van der Waals surface area contributed by atoms with Crippen LogP contribution in [0.3, 0.4) is 0 Å². The number of nitrogens with one attached hydrogen (secondary N) is 1. The lowest BCUT2D eigenvalue weighted by atomic mass is 9.99. The van der Waals surface area contributed by atoms with Crippen LogP contribution in [0, 0.1) is 19.1 Å². The minimum atomic E-state index is 0.501. The molecule has 0 fully saturated rings. The van der Waals surface area contributed by atoms with Crippen molar-refractivity contribution in [3.05, 3.63) is 52.6 Å². The van der Waals surface area contributed by atoms with Crippen molar-refractivity contribution in [3.8, 4) is 11.1 Å². The Balaban J connectivity index is 2.22. The predicted molar refractivity (Wildman–Crippen MR) is 88.6 cm³/mol. The molecule has 1 N–H and O–H groups in total. The zero-order valence-corrected chi connectivity index (χ0v) is 13.3. The van der Waals surface area contributed by atoms with Crippen molar-refractivity contribution in [2.24, 2.45) is 0 Å². The van der Waals surface area contributed by atoms with E-state index in [4.69, 9.17) is 0 Å². The number of pyridine rings is 1. The maximum atomic E-state index is 12.6. The Bertz CT molecular complexity index is 806. The molecule has 2 heterocycles. The molecule has 0 radical (unpaired) electrons. The molecule has 0 saturated carbocycles. The third-order valence-corrected chi connectivity index (χ3v) is 4.17. The summed E-state index contributed by atoms with van der Waals surface area (Å²) in [5.41, 5.74) is 5.19. The van der Waals surface area contributed by atoms with Gasteiger partial charge in [-0.1, -0.05) is 43.7 Å². The van der Waals surface area contributed by atoms with Gasteiger partial charge in [-0.05, 0) is 36.4 Å². The molecule has 22 heavy (non-hydrogen) atoms. The van der Waals surface area contributed by atoms with E-state index in [0.717, 1.165) is 52.0 Å². The number of rotatable bonds is 4. The predicted octanol–water partition coefficient (Wildman–Crippen LogP) is 3.82. The molecule has 0 aliphatic rings. The summed E-state index contributed by atoms with van der Waals surface area (Å²) in [6.07, 6.45) is 3.06. The molecule has 0 atom stereocenters. The third kappa shape index (κ3) is 2.34. The average Bonchev–Trinajstić information content (AvgIpc) is 2.97. The van der Waals surface area contributed by atoms with Gasteiger partial charge in [-0.2, -0.15) is 0 Å². The molecule has 0 unspecified atom stereocenters. The number of hydrogen-bond acceptors (Lipinski definition) is 2. The Morgan fingerprint density at radius 1 is 1.18 bits per heavy atom. The molecule has 114 valence electrons. The van der Waals surface area contributed by atoms with E-state index in [1.807, 2.05) is 37.3 Å². The molecule has 2 aromatic heterocycles. The zero-order chi connectivity index (χ0) is 15.7. The first-order chi connectivity index (χ1) is 10.6. The molecule has 0 aliphatic heterocycles. The standard InChI is InChI=1S/C18H21N3O/c1-4-5-11-15-19-17-12(2)16(14-9-7-6-8-10-14)13(3)21(22)18(17)20-15/h6-10H,4-5,11H2,1-3H3,(H,19,20). The molecule has 0 amide bonds. The minimum absolute atomic E-state index is 0.501. The Labute approximate surface area is 130 Å². The average molecular weight is 295 g/mol. The van der Waals surface area contributed by atoms with Crippen LogP contribution in [0.1, 0.15) is 36.8 Å². The van der Waals surface area contributed by atoms with E-state index in [-0.39, 0.29) is 0 Å². The second kappa shape index (κ2) is 5.79. The van der Waals surface area contributed by atoms with Gasteiger partial charge in [-0.3, -0.25) is 0 Å².